The van der Waals surface area contributed by atoms with Crippen LogP contribution >= 0.6 is 15.9 Å². The molecule has 2 nitrogen and oxygen atoms in total. The Labute approximate surface area is 63.4 Å². The summed E-state index contributed by atoms with van der Waals surface area (Å²) in [5, 5.41) is 9.09. The summed E-state index contributed by atoms with van der Waals surface area (Å²) in [7, 11) is 0. The smallest absolute Gasteiger partial charge is 0.303 e. The summed E-state index contributed by atoms with van der Waals surface area (Å²) < 4.78 is 0. The summed E-state index contributed by atoms with van der Waals surface area (Å²) in [5.41, 5.74) is -0.119. The van der Waals surface area contributed by atoms with Gasteiger partial charge in [0.1, 0.15) is 0 Å². The van der Waals surface area contributed by atoms with E-state index in [0.29, 0.717) is 0 Å². The van der Waals surface area contributed by atoms with Crippen LogP contribution in [-0.4, -0.2) is 16.4 Å². The standard InChI is InChI=1S/C6H11BrO2/c1-6(2,4-7)3-5(8)9/h3-4H2,1-2H3,(H,8,9). The molecule has 54 valence electrons. The Hall–Kier alpha value is -0.0500. The van der Waals surface area contributed by atoms with Crippen molar-refractivity contribution in [2.24, 2.45) is 5.41 Å². The maximum atomic E-state index is 10.2. The second-order valence-corrected chi connectivity index (χ2v) is 3.43. The van der Waals surface area contributed by atoms with Gasteiger partial charge in [-0.25, -0.2) is 0 Å². The minimum atomic E-state index is -0.737. The van der Waals surface area contributed by atoms with Crippen molar-refractivity contribution in [3.63, 3.8) is 0 Å². The van der Waals surface area contributed by atoms with Crippen molar-refractivity contribution in [1.29, 1.82) is 0 Å². The molecule has 0 unspecified atom stereocenters. The molecule has 3 heteroatoms. The van der Waals surface area contributed by atoms with Gasteiger partial charge in [0.15, 0.2) is 0 Å². The van der Waals surface area contributed by atoms with E-state index in [2.05, 4.69) is 15.9 Å². The first-order chi connectivity index (χ1) is 3.98. The van der Waals surface area contributed by atoms with Crippen molar-refractivity contribution >= 4 is 21.9 Å². The van der Waals surface area contributed by atoms with Gasteiger partial charge in [0.25, 0.3) is 0 Å². The zero-order chi connectivity index (χ0) is 7.49. The molecular formula is C6H11BrO2. The van der Waals surface area contributed by atoms with Crippen molar-refractivity contribution in [2.75, 3.05) is 5.33 Å². The molecule has 0 rings (SSSR count). The monoisotopic (exact) mass is 194 g/mol. The van der Waals surface area contributed by atoms with Crippen LogP contribution in [0.5, 0.6) is 0 Å². The number of carboxylic acids is 1. The molecule has 9 heavy (non-hydrogen) atoms. The largest absolute Gasteiger partial charge is 0.481 e. The zero-order valence-corrected chi connectivity index (χ0v) is 7.23. The first kappa shape index (κ1) is 8.95. The Morgan fingerprint density at radius 3 is 2.22 bits per heavy atom. The van der Waals surface area contributed by atoms with E-state index in [4.69, 9.17) is 5.11 Å². The number of hydrogen-bond acceptors (Lipinski definition) is 1. The summed E-state index contributed by atoms with van der Waals surface area (Å²) in [6, 6.07) is 0. The maximum Gasteiger partial charge on any atom is 0.303 e. The van der Waals surface area contributed by atoms with Crippen LogP contribution in [0.2, 0.25) is 0 Å². The first-order valence-electron chi connectivity index (χ1n) is 2.76. The molecule has 0 heterocycles. The van der Waals surface area contributed by atoms with Gasteiger partial charge in [-0.1, -0.05) is 29.8 Å². The van der Waals surface area contributed by atoms with Gasteiger partial charge in [-0.15, -0.1) is 0 Å². The van der Waals surface area contributed by atoms with Gasteiger partial charge in [0.05, 0.1) is 6.42 Å². The molecule has 0 aliphatic heterocycles. The summed E-state index contributed by atoms with van der Waals surface area (Å²) in [6.07, 6.45) is 0.220. The van der Waals surface area contributed by atoms with Crippen LogP contribution in [0.25, 0.3) is 0 Å². The lowest BCUT2D eigenvalue weighted by Crippen LogP contribution is -2.17. The molecule has 0 saturated heterocycles. The van der Waals surface area contributed by atoms with Gasteiger partial charge in [-0.05, 0) is 5.41 Å². The van der Waals surface area contributed by atoms with E-state index in [1.165, 1.54) is 0 Å². The van der Waals surface area contributed by atoms with Gasteiger partial charge in [-0.2, -0.15) is 0 Å². The Morgan fingerprint density at radius 2 is 2.11 bits per heavy atom. The fraction of sp³-hybridized carbons (Fsp3) is 0.833. The molecule has 0 bridgehead atoms. The molecule has 0 radical (unpaired) electrons. The highest BCUT2D eigenvalue weighted by Crippen LogP contribution is 2.22. The first-order valence-corrected chi connectivity index (χ1v) is 3.88. The maximum absolute atomic E-state index is 10.2. The van der Waals surface area contributed by atoms with E-state index >= 15 is 0 Å². The number of carboxylic acid groups (broad SMARTS) is 1. The molecule has 0 aliphatic rings. The lowest BCUT2D eigenvalue weighted by atomic mass is 9.92. The number of hydrogen-bond donors (Lipinski definition) is 1. The SMILES string of the molecule is CC(C)(CBr)CC(=O)O. The molecule has 1 N–H and O–H groups in total. The van der Waals surface area contributed by atoms with Crippen LogP contribution in [0.1, 0.15) is 20.3 Å². The summed E-state index contributed by atoms with van der Waals surface area (Å²) in [4.78, 5) is 10.2. The molecule has 0 aromatic carbocycles. The molecule has 0 atom stereocenters. The van der Waals surface area contributed by atoms with Gasteiger partial charge >= 0.3 is 5.97 Å². The van der Waals surface area contributed by atoms with Crippen LogP contribution in [0.4, 0.5) is 0 Å². The van der Waals surface area contributed by atoms with E-state index < -0.39 is 5.97 Å². The van der Waals surface area contributed by atoms with Gasteiger partial charge < -0.3 is 5.11 Å². The average Bonchev–Trinajstić information content (AvgIpc) is 1.63. The normalized spacial score (nSPS) is 11.4. The van der Waals surface area contributed by atoms with Crippen LogP contribution in [0.15, 0.2) is 0 Å². The predicted octanol–water partition coefficient (Wildman–Crippen LogP) is 1.88. The van der Waals surface area contributed by atoms with Crippen LogP contribution in [0, 0.1) is 5.41 Å². The number of rotatable bonds is 3. The Morgan fingerprint density at radius 1 is 1.67 bits per heavy atom. The quantitative estimate of drug-likeness (QED) is 0.698. The molecule has 0 spiro atoms. The summed E-state index contributed by atoms with van der Waals surface area (Å²) in [5.74, 6) is -0.737. The van der Waals surface area contributed by atoms with Crippen molar-refractivity contribution in [3.05, 3.63) is 0 Å². The van der Waals surface area contributed by atoms with Crippen molar-refractivity contribution in [2.45, 2.75) is 20.3 Å². The Bertz CT molecular complexity index is 110. The molecule has 0 amide bonds. The minimum absolute atomic E-state index is 0.119. The van der Waals surface area contributed by atoms with Crippen molar-refractivity contribution in [3.8, 4) is 0 Å². The highest BCUT2D eigenvalue weighted by atomic mass is 79.9. The third-order valence-electron chi connectivity index (χ3n) is 0.992. The topological polar surface area (TPSA) is 37.3 Å². The second kappa shape index (κ2) is 3.20. The third-order valence-corrected chi connectivity index (χ3v) is 2.51. The van der Waals surface area contributed by atoms with Gasteiger partial charge in [0, 0.05) is 5.33 Å². The summed E-state index contributed by atoms with van der Waals surface area (Å²) >= 11 is 3.24. The summed E-state index contributed by atoms with van der Waals surface area (Å²) in [6.45, 7) is 3.83. The zero-order valence-electron chi connectivity index (χ0n) is 5.65. The lowest BCUT2D eigenvalue weighted by molar-refractivity contribution is -0.138. The van der Waals surface area contributed by atoms with E-state index in [-0.39, 0.29) is 11.8 Å². The number of aliphatic carboxylic acids is 1. The van der Waals surface area contributed by atoms with E-state index in [1.807, 2.05) is 13.8 Å². The number of alkyl halides is 1. The molecule has 0 aromatic heterocycles. The van der Waals surface area contributed by atoms with Crippen LogP contribution in [0.3, 0.4) is 0 Å². The molecule has 0 aromatic rings. The van der Waals surface area contributed by atoms with E-state index in [9.17, 15) is 4.79 Å². The van der Waals surface area contributed by atoms with Gasteiger partial charge in [0.2, 0.25) is 0 Å². The fourth-order valence-electron chi connectivity index (χ4n) is 0.457. The van der Waals surface area contributed by atoms with Crippen LogP contribution in [-0.2, 0) is 4.79 Å². The lowest BCUT2D eigenvalue weighted by Gasteiger charge is -2.17. The number of carbonyl (C=O) groups is 1. The fourth-order valence-corrected chi connectivity index (χ4v) is 0.655. The Balaban J connectivity index is 3.71. The third kappa shape index (κ3) is 4.45. The molecular weight excluding hydrogens is 184 g/mol. The predicted molar refractivity (Wildman–Crippen MR) is 39.8 cm³/mol. The minimum Gasteiger partial charge on any atom is -0.481 e. The molecule has 0 saturated carbocycles. The van der Waals surface area contributed by atoms with Crippen molar-refractivity contribution in [1.82, 2.24) is 0 Å². The van der Waals surface area contributed by atoms with Crippen molar-refractivity contribution < 1.29 is 9.90 Å². The van der Waals surface area contributed by atoms with E-state index in [1.54, 1.807) is 0 Å². The average molecular weight is 195 g/mol. The van der Waals surface area contributed by atoms with Crippen LogP contribution < -0.4 is 0 Å². The molecule has 0 fully saturated rings. The molecule has 0 aliphatic carbocycles. The second-order valence-electron chi connectivity index (χ2n) is 2.87. The Kier molecular flexibility index (Phi) is 3.18. The van der Waals surface area contributed by atoms with E-state index in [0.717, 1.165) is 5.33 Å². The van der Waals surface area contributed by atoms with Gasteiger partial charge in [-0.3, -0.25) is 4.79 Å². The number of halogens is 1. The highest BCUT2D eigenvalue weighted by Gasteiger charge is 2.19. The highest BCUT2D eigenvalue weighted by molar-refractivity contribution is 9.09.